The van der Waals surface area contributed by atoms with E-state index in [4.69, 9.17) is 4.74 Å². The van der Waals surface area contributed by atoms with Crippen LogP contribution in [0.4, 0.5) is 0 Å². The van der Waals surface area contributed by atoms with Gasteiger partial charge in [-0.05, 0) is 25.3 Å². The summed E-state index contributed by atoms with van der Waals surface area (Å²) < 4.78 is 5.68. The van der Waals surface area contributed by atoms with E-state index in [0.29, 0.717) is 13.2 Å². The van der Waals surface area contributed by atoms with Crippen molar-refractivity contribution in [2.75, 3.05) is 13.2 Å². The first-order valence-electron chi connectivity index (χ1n) is 6.34. The SMILES string of the molecule is CC(CNC(=O)C(C)C)OCC1=CCCC=C1.[HH]. The molecule has 1 atom stereocenters. The van der Waals surface area contributed by atoms with Gasteiger partial charge in [0.25, 0.3) is 0 Å². The fraction of sp³-hybridized carbons (Fsp3) is 0.643. The Bertz CT molecular complexity index is 311. The van der Waals surface area contributed by atoms with Gasteiger partial charge in [0.2, 0.25) is 5.91 Å². The summed E-state index contributed by atoms with van der Waals surface area (Å²) in [7, 11) is 0. The number of nitrogens with one attached hydrogen (secondary N) is 1. The number of hydrogen-bond acceptors (Lipinski definition) is 2. The zero-order chi connectivity index (χ0) is 12.7. The van der Waals surface area contributed by atoms with Crippen molar-refractivity contribution in [1.29, 1.82) is 0 Å². The molecule has 1 N–H and O–H groups in total. The standard InChI is InChI=1S/C14H23NO2.H2/c1-11(2)14(16)15-9-12(3)17-10-13-7-5-4-6-8-13;/h5,7-8,11-12H,4,6,9-10H2,1-3H3,(H,15,16);1H. The van der Waals surface area contributed by atoms with E-state index < -0.39 is 0 Å². The maximum atomic E-state index is 11.4. The molecule has 0 bridgehead atoms. The summed E-state index contributed by atoms with van der Waals surface area (Å²) in [5, 5.41) is 2.87. The first-order valence-corrected chi connectivity index (χ1v) is 6.34. The highest BCUT2D eigenvalue weighted by atomic mass is 16.5. The molecule has 0 fully saturated rings. The van der Waals surface area contributed by atoms with E-state index in [-0.39, 0.29) is 19.4 Å². The third kappa shape index (κ3) is 5.68. The van der Waals surface area contributed by atoms with Crippen LogP contribution in [0.5, 0.6) is 0 Å². The largest absolute Gasteiger partial charge is 0.372 e. The summed E-state index contributed by atoms with van der Waals surface area (Å²) in [5.74, 6) is 0.114. The van der Waals surface area contributed by atoms with Crippen LogP contribution >= 0.6 is 0 Å². The number of rotatable bonds is 6. The molecule has 0 radical (unpaired) electrons. The molecular weight excluding hydrogens is 214 g/mol. The van der Waals surface area contributed by atoms with Gasteiger partial charge in [-0.15, -0.1) is 0 Å². The number of amides is 1. The Balaban J connectivity index is 0.00000289. The molecule has 0 aromatic heterocycles. The zero-order valence-corrected chi connectivity index (χ0v) is 11.0. The molecule has 0 saturated heterocycles. The summed E-state index contributed by atoms with van der Waals surface area (Å²) >= 11 is 0. The lowest BCUT2D eigenvalue weighted by Gasteiger charge is -2.16. The first-order chi connectivity index (χ1) is 8.09. The van der Waals surface area contributed by atoms with Crippen molar-refractivity contribution in [3.05, 3.63) is 23.8 Å². The predicted octanol–water partition coefficient (Wildman–Crippen LogP) is 2.69. The maximum Gasteiger partial charge on any atom is 0.222 e. The fourth-order valence-electron chi connectivity index (χ4n) is 1.52. The monoisotopic (exact) mass is 239 g/mol. The molecule has 0 saturated carbocycles. The molecular formula is C14H25NO2. The van der Waals surface area contributed by atoms with Gasteiger partial charge in [0.05, 0.1) is 12.7 Å². The molecule has 0 spiro atoms. The van der Waals surface area contributed by atoms with Crippen LogP contribution < -0.4 is 5.32 Å². The summed E-state index contributed by atoms with van der Waals surface area (Å²) in [6.07, 6.45) is 8.78. The molecule has 98 valence electrons. The summed E-state index contributed by atoms with van der Waals surface area (Å²) in [6, 6.07) is 0. The highest BCUT2D eigenvalue weighted by Crippen LogP contribution is 2.10. The maximum absolute atomic E-state index is 11.4. The minimum absolute atomic E-state index is 0. The summed E-state index contributed by atoms with van der Waals surface area (Å²) in [4.78, 5) is 11.4. The number of carbonyl (C=O) groups is 1. The smallest absolute Gasteiger partial charge is 0.222 e. The Morgan fingerprint density at radius 1 is 1.47 bits per heavy atom. The zero-order valence-electron chi connectivity index (χ0n) is 11.0. The van der Waals surface area contributed by atoms with Gasteiger partial charge in [0.1, 0.15) is 0 Å². The predicted molar refractivity (Wildman–Crippen MR) is 71.8 cm³/mol. The number of hydrogen-bond donors (Lipinski definition) is 1. The highest BCUT2D eigenvalue weighted by molar-refractivity contribution is 5.77. The van der Waals surface area contributed by atoms with E-state index in [1.54, 1.807) is 0 Å². The van der Waals surface area contributed by atoms with E-state index in [1.807, 2.05) is 20.8 Å². The quantitative estimate of drug-likeness (QED) is 0.774. The molecule has 3 heteroatoms. The Labute approximate surface area is 105 Å². The van der Waals surface area contributed by atoms with Crippen LogP contribution in [0, 0.1) is 5.92 Å². The lowest BCUT2D eigenvalue weighted by molar-refractivity contribution is -0.124. The Kier molecular flexibility index (Phi) is 5.98. The van der Waals surface area contributed by atoms with Crippen LogP contribution in [0.25, 0.3) is 0 Å². The first kappa shape index (κ1) is 14.0. The minimum Gasteiger partial charge on any atom is -0.372 e. The van der Waals surface area contributed by atoms with Crippen LogP contribution in [0.15, 0.2) is 23.8 Å². The van der Waals surface area contributed by atoms with E-state index in [0.717, 1.165) is 12.8 Å². The molecule has 0 aromatic carbocycles. The van der Waals surface area contributed by atoms with Crippen molar-refractivity contribution < 1.29 is 11.0 Å². The van der Waals surface area contributed by atoms with Crippen LogP contribution in [-0.4, -0.2) is 25.2 Å². The van der Waals surface area contributed by atoms with Gasteiger partial charge in [0.15, 0.2) is 0 Å². The highest BCUT2D eigenvalue weighted by Gasteiger charge is 2.09. The second-order valence-electron chi connectivity index (χ2n) is 4.78. The van der Waals surface area contributed by atoms with Crippen LogP contribution in [0.1, 0.15) is 35.0 Å². The molecule has 1 unspecified atom stereocenters. The summed E-state index contributed by atoms with van der Waals surface area (Å²) in [6.45, 7) is 6.97. The van der Waals surface area contributed by atoms with E-state index in [2.05, 4.69) is 23.5 Å². The Hall–Kier alpha value is -1.09. The van der Waals surface area contributed by atoms with E-state index in [9.17, 15) is 4.79 Å². The average Bonchev–Trinajstić information content (AvgIpc) is 2.34. The van der Waals surface area contributed by atoms with E-state index >= 15 is 0 Å². The summed E-state index contributed by atoms with van der Waals surface area (Å²) in [5.41, 5.74) is 1.23. The van der Waals surface area contributed by atoms with Crippen LogP contribution in [0.2, 0.25) is 0 Å². The molecule has 0 aromatic rings. The third-order valence-electron chi connectivity index (χ3n) is 2.69. The van der Waals surface area contributed by atoms with Gasteiger partial charge >= 0.3 is 0 Å². The van der Waals surface area contributed by atoms with Gasteiger partial charge in [-0.1, -0.05) is 32.1 Å². The molecule has 3 nitrogen and oxygen atoms in total. The van der Waals surface area contributed by atoms with Gasteiger partial charge in [0, 0.05) is 13.9 Å². The normalized spacial score (nSPS) is 16.8. The Morgan fingerprint density at radius 3 is 2.82 bits per heavy atom. The third-order valence-corrected chi connectivity index (χ3v) is 2.69. The minimum atomic E-state index is 0. The lowest BCUT2D eigenvalue weighted by Crippen LogP contribution is -2.34. The Morgan fingerprint density at radius 2 is 2.24 bits per heavy atom. The molecule has 0 heterocycles. The number of allylic oxidation sites excluding steroid dienone is 2. The van der Waals surface area contributed by atoms with Crippen molar-refractivity contribution in [3.8, 4) is 0 Å². The molecule has 1 aliphatic rings. The second-order valence-corrected chi connectivity index (χ2v) is 4.78. The molecule has 1 amide bonds. The molecule has 0 aliphatic heterocycles. The van der Waals surface area contributed by atoms with Gasteiger partial charge in [-0.2, -0.15) is 0 Å². The van der Waals surface area contributed by atoms with Crippen molar-refractivity contribution in [2.24, 2.45) is 5.92 Å². The topological polar surface area (TPSA) is 38.3 Å². The molecule has 1 aliphatic carbocycles. The van der Waals surface area contributed by atoms with Crippen molar-refractivity contribution in [1.82, 2.24) is 5.32 Å². The van der Waals surface area contributed by atoms with Crippen LogP contribution in [0.3, 0.4) is 0 Å². The average molecular weight is 239 g/mol. The van der Waals surface area contributed by atoms with Gasteiger partial charge in [-0.25, -0.2) is 0 Å². The molecule has 1 rings (SSSR count). The number of carbonyl (C=O) groups excluding carboxylic acids is 1. The van der Waals surface area contributed by atoms with Crippen molar-refractivity contribution >= 4 is 5.91 Å². The van der Waals surface area contributed by atoms with Crippen LogP contribution in [-0.2, 0) is 9.53 Å². The van der Waals surface area contributed by atoms with Crippen molar-refractivity contribution in [2.45, 2.75) is 39.7 Å². The fourth-order valence-corrected chi connectivity index (χ4v) is 1.52. The lowest BCUT2D eigenvalue weighted by atomic mass is 10.1. The van der Waals surface area contributed by atoms with Gasteiger partial charge < -0.3 is 10.1 Å². The van der Waals surface area contributed by atoms with E-state index in [1.165, 1.54) is 5.57 Å². The number of ether oxygens (including phenoxy) is 1. The van der Waals surface area contributed by atoms with Crippen molar-refractivity contribution in [3.63, 3.8) is 0 Å². The molecule has 17 heavy (non-hydrogen) atoms. The van der Waals surface area contributed by atoms with Gasteiger partial charge in [-0.3, -0.25) is 4.79 Å². The second kappa shape index (κ2) is 7.28.